The van der Waals surface area contributed by atoms with Gasteiger partial charge in [0.1, 0.15) is 11.3 Å². The highest BCUT2D eigenvalue weighted by Crippen LogP contribution is 2.28. The Morgan fingerprint density at radius 1 is 1.38 bits per heavy atom. The summed E-state index contributed by atoms with van der Waals surface area (Å²) in [5.74, 6) is -1.16. The molecule has 0 aliphatic carbocycles. The van der Waals surface area contributed by atoms with Crippen molar-refractivity contribution >= 4 is 17.6 Å². The lowest BCUT2D eigenvalue weighted by atomic mass is 10.2. The first-order valence-corrected chi connectivity index (χ1v) is 6.16. The van der Waals surface area contributed by atoms with Crippen LogP contribution in [0.4, 0.5) is 0 Å². The fourth-order valence-corrected chi connectivity index (χ4v) is 1.96. The van der Waals surface area contributed by atoms with Gasteiger partial charge in [0.25, 0.3) is 5.56 Å². The first-order chi connectivity index (χ1) is 9.85. The molecule has 0 spiro atoms. The summed E-state index contributed by atoms with van der Waals surface area (Å²) in [6.07, 6.45) is 0.953. The number of aromatic nitrogens is 2. The molecule has 21 heavy (non-hydrogen) atoms. The molecular formula is C13H11ClN2O5. The van der Waals surface area contributed by atoms with Crippen LogP contribution >= 0.6 is 11.6 Å². The Kier molecular flexibility index (Phi) is 3.86. The van der Waals surface area contributed by atoms with E-state index in [9.17, 15) is 14.4 Å². The van der Waals surface area contributed by atoms with Gasteiger partial charge in [0, 0.05) is 17.3 Å². The molecule has 2 rings (SSSR count). The van der Waals surface area contributed by atoms with E-state index in [0.717, 1.165) is 10.8 Å². The highest BCUT2D eigenvalue weighted by molar-refractivity contribution is 6.31. The maximum Gasteiger partial charge on any atom is 0.342 e. The van der Waals surface area contributed by atoms with Gasteiger partial charge in [-0.05, 0) is 18.6 Å². The zero-order valence-electron chi connectivity index (χ0n) is 11.1. The van der Waals surface area contributed by atoms with E-state index in [1.54, 1.807) is 13.0 Å². The zero-order valence-corrected chi connectivity index (χ0v) is 11.9. The van der Waals surface area contributed by atoms with Gasteiger partial charge in [-0.3, -0.25) is 14.3 Å². The van der Waals surface area contributed by atoms with Crippen LogP contribution in [-0.4, -0.2) is 27.7 Å². The first kappa shape index (κ1) is 14.9. The molecule has 0 amide bonds. The van der Waals surface area contributed by atoms with Gasteiger partial charge >= 0.3 is 11.7 Å². The average molecular weight is 311 g/mol. The smallest absolute Gasteiger partial charge is 0.342 e. The van der Waals surface area contributed by atoms with Crippen LogP contribution in [0.2, 0.25) is 5.02 Å². The van der Waals surface area contributed by atoms with E-state index in [-0.39, 0.29) is 11.4 Å². The summed E-state index contributed by atoms with van der Waals surface area (Å²) in [5.41, 5.74) is -1.34. The molecule has 0 unspecified atom stereocenters. The predicted octanol–water partition coefficient (Wildman–Crippen LogP) is 1.19. The van der Waals surface area contributed by atoms with Crippen LogP contribution in [0.5, 0.6) is 5.75 Å². The van der Waals surface area contributed by atoms with Gasteiger partial charge in [-0.1, -0.05) is 11.6 Å². The number of halogens is 1. The molecular weight excluding hydrogens is 300 g/mol. The average Bonchev–Trinajstić information content (AvgIpc) is 2.41. The number of hydrogen-bond donors (Lipinski definition) is 2. The second kappa shape index (κ2) is 5.45. The molecule has 1 heterocycles. The van der Waals surface area contributed by atoms with E-state index >= 15 is 0 Å². The van der Waals surface area contributed by atoms with Crippen molar-refractivity contribution in [1.82, 2.24) is 9.55 Å². The largest absolute Gasteiger partial charge is 0.495 e. The molecule has 1 aromatic heterocycles. The van der Waals surface area contributed by atoms with Crippen LogP contribution in [0.15, 0.2) is 27.9 Å². The summed E-state index contributed by atoms with van der Waals surface area (Å²) < 4.78 is 6.13. The number of rotatable bonds is 3. The predicted molar refractivity (Wildman–Crippen MR) is 75.9 cm³/mol. The zero-order chi connectivity index (χ0) is 15.7. The second-order valence-corrected chi connectivity index (χ2v) is 4.66. The number of H-pyrrole nitrogens is 1. The molecule has 0 aliphatic heterocycles. The van der Waals surface area contributed by atoms with E-state index in [1.807, 2.05) is 4.98 Å². The minimum absolute atomic E-state index is 0.274. The Balaban J connectivity index is 2.81. The van der Waals surface area contributed by atoms with Crippen molar-refractivity contribution in [2.75, 3.05) is 7.11 Å². The topological polar surface area (TPSA) is 101 Å². The molecule has 8 heteroatoms. The van der Waals surface area contributed by atoms with Gasteiger partial charge in [-0.25, -0.2) is 9.59 Å². The summed E-state index contributed by atoms with van der Waals surface area (Å²) in [5, 5.41) is 9.40. The van der Waals surface area contributed by atoms with E-state index in [1.165, 1.54) is 13.2 Å². The molecule has 0 fully saturated rings. The number of carboxylic acid groups (broad SMARTS) is 1. The number of ether oxygens (including phenoxy) is 1. The maximum absolute atomic E-state index is 11.9. The van der Waals surface area contributed by atoms with Crippen molar-refractivity contribution < 1.29 is 14.6 Å². The summed E-state index contributed by atoms with van der Waals surface area (Å²) in [7, 11) is 1.39. The molecule has 7 nitrogen and oxygen atoms in total. The summed E-state index contributed by atoms with van der Waals surface area (Å²) in [4.78, 5) is 36.3. The van der Waals surface area contributed by atoms with E-state index in [0.29, 0.717) is 10.6 Å². The van der Waals surface area contributed by atoms with Crippen LogP contribution < -0.4 is 16.0 Å². The van der Waals surface area contributed by atoms with Gasteiger partial charge in [0.15, 0.2) is 0 Å². The Labute approximate surface area is 123 Å². The summed E-state index contributed by atoms with van der Waals surface area (Å²) in [6, 6.07) is 3.07. The van der Waals surface area contributed by atoms with Crippen molar-refractivity contribution in [3.8, 4) is 11.4 Å². The number of aromatic carboxylic acids is 1. The Hall–Kier alpha value is -2.54. The molecule has 0 saturated heterocycles. The molecule has 1 aromatic carbocycles. The number of carboxylic acids is 1. The van der Waals surface area contributed by atoms with Crippen LogP contribution in [0.1, 0.15) is 15.9 Å². The lowest BCUT2D eigenvalue weighted by Crippen LogP contribution is -2.32. The Morgan fingerprint density at radius 2 is 2.05 bits per heavy atom. The number of aromatic amines is 1. The van der Waals surface area contributed by atoms with E-state index in [4.69, 9.17) is 21.4 Å². The molecule has 2 N–H and O–H groups in total. The minimum atomic E-state index is -1.44. The number of nitrogens with zero attached hydrogens (tertiary/aromatic N) is 1. The normalized spacial score (nSPS) is 10.4. The Morgan fingerprint density at radius 3 is 2.62 bits per heavy atom. The third kappa shape index (κ3) is 2.68. The van der Waals surface area contributed by atoms with Crippen LogP contribution in [0, 0.1) is 6.92 Å². The Bertz CT molecular complexity index is 837. The van der Waals surface area contributed by atoms with Gasteiger partial charge in [-0.2, -0.15) is 0 Å². The van der Waals surface area contributed by atoms with Crippen molar-refractivity contribution in [2.45, 2.75) is 6.92 Å². The molecule has 0 aliphatic rings. The van der Waals surface area contributed by atoms with Crippen LogP contribution in [0.3, 0.4) is 0 Å². The number of nitrogens with one attached hydrogen (secondary N) is 1. The first-order valence-electron chi connectivity index (χ1n) is 5.79. The molecule has 110 valence electrons. The summed E-state index contributed by atoms with van der Waals surface area (Å²) in [6.45, 7) is 1.72. The van der Waals surface area contributed by atoms with Gasteiger partial charge in [0.2, 0.25) is 0 Å². The maximum atomic E-state index is 11.9. The minimum Gasteiger partial charge on any atom is -0.495 e. The number of hydrogen-bond acceptors (Lipinski definition) is 4. The lowest BCUT2D eigenvalue weighted by Gasteiger charge is -2.13. The summed E-state index contributed by atoms with van der Waals surface area (Å²) >= 11 is 5.98. The molecule has 0 radical (unpaired) electrons. The number of carbonyl (C=O) groups is 1. The van der Waals surface area contributed by atoms with Crippen molar-refractivity contribution in [2.24, 2.45) is 0 Å². The fourth-order valence-electron chi connectivity index (χ4n) is 1.80. The third-order valence-electron chi connectivity index (χ3n) is 2.89. The molecule has 0 bridgehead atoms. The third-order valence-corrected chi connectivity index (χ3v) is 3.30. The number of benzene rings is 1. The van der Waals surface area contributed by atoms with Crippen molar-refractivity contribution in [1.29, 1.82) is 0 Å². The standard InChI is InChI=1S/C13H11ClN2O5/c1-6-3-9(10(21-2)4-8(6)14)16-5-7(12(18)19)11(17)15-13(16)20/h3-5H,1-2H3,(H,18,19)(H,15,17,20). The van der Waals surface area contributed by atoms with Crippen LogP contribution in [-0.2, 0) is 0 Å². The van der Waals surface area contributed by atoms with E-state index < -0.39 is 22.8 Å². The highest BCUT2D eigenvalue weighted by atomic mass is 35.5. The molecule has 0 saturated carbocycles. The van der Waals surface area contributed by atoms with Gasteiger partial charge in [-0.15, -0.1) is 0 Å². The quantitative estimate of drug-likeness (QED) is 0.887. The highest BCUT2D eigenvalue weighted by Gasteiger charge is 2.15. The monoisotopic (exact) mass is 310 g/mol. The van der Waals surface area contributed by atoms with Crippen molar-refractivity contribution in [3.63, 3.8) is 0 Å². The van der Waals surface area contributed by atoms with Gasteiger partial charge in [0.05, 0.1) is 12.8 Å². The number of methoxy groups -OCH3 is 1. The molecule has 2 aromatic rings. The van der Waals surface area contributed by atoms with Gasteiger partial charge < -0.3 is 9.84 Å². The molecule has 0 atom stereocenters. The second-order valence-electron chi connectivity index (χ2n) is 4.25. The number of aryl methyl sites for hydroxylation is 1. The SMILES string of the molecule is COc1cc(Cl)c(C)cc1-n1cc(C(=O)O)c(=O)[nH]c1=O. The van der Waals surface area contributed by atoms with Crippen molar-refractivity contribution in [3.05, 3.63) is 55.3 Å². The lowest BCUT2D eigenvalue weighted by molar-refractivity contribution is 0.0694. The van der Waals surface area contributed by atoms with Crippen LogP contribution in [0.25, 0.3) is 5.69 Å². The van der Waals surface area contributed by atoms with E-state index in [2.05, 4.69) is 0 Å². The fraction of sp³-hybridized carbons (Fsp3) is 0.154.